The highest BCUT2D eigenvalue weighted by molar-refractivity contribution is 7.99. The summed E-state index contributed by atoms with van der Waals surface area (Å²) < 4.78 is 20.2. The Morgan fingerprint density at radius 2 is 2.00 bits per heavy atom. The number of anilines is 1. The first-order chi connectivity index (χ1) is 12.7. The van der Waals surface area contributed by atoms with Crippen molar-refractivity contribution in [3.05, 3.63) is 72.3 Å². The minimum atomic E-state index is -0.337. The van der Waals surface area contributed by atoms with Crippen LogP contribution in [0.2, 0.25) is 0 Å². The van der Waals surface area contributed by atoms with E-state index in [0.717, 1.165) is 16.5 Å². The van der Waals surface area contributed by atoms with Gasteiger partial charge in [0.25, 0.3) is 0 Å². The highest BCUT2D eigenvalue weighted by Crippen LogP contribution is 2.22. The molecule has 0 aliphatic rings. The van der Waals surface area contributed by atoms with E-state index in [1.807, 2.05) is 35.0 Å². The maximum absolute atomic E-state index is 12.9. The predicted octanol–water partition coefficient (Wildman–Crippen LogP) is 3.81. The van der Waals surface area contributed by atoms with Crippen molar-refractivity contribution in [1.29, 1.82) is 0 Å². The van der Waals surface area contributed by atoms with Crippen LogP contribution in [0.5, 0.6) is 5.75 Å². The van der Waals surface area contributed by atoms with Crippen LogP contribution in [-0.4, -0.2) is 28.3 Å². The van der Waals surface area contributed by atoms with Gasteiger partial charge in [-0.1, -0.05) is 30.0 Å². The fourth-order valence-corrected chi connectivity index (χ4v) is 3.19. The van der Waals surface area contributed by atoms with E-state index >= 15 is 0 Å². The van der Waals surface area contributed by atoms with Gasteiger partial charge in [0.2, 0.25) is 5.91 Å². The number of hydrogen-bond donors (Lipinski definition) is 1. The summed E-state index contributed by atoms with van der Waals surface area (Å²) >= 11 is 1.34. The number of thioether (sulfide) groups is 1. The van der Waals surface area contributed by atoms with Gasteiger partial charge in [-0.3, -0.25) is 4.79 Å². The van der Waals surface area contributed by atoms with Crippen LogP contribution in [0.4, 0.5) is 10.1 Å². The molecule has 0 unspecified atom stereocenters. The van der Waals surface area contributed by atoms with Crippen molar-refractivity contribution in [2.24, 2.45) is 0 Å². The number of methoxy groups -OCH3 is 1. The number of halogens is 1. The Balaban J connectivity index is 1.60. The van der Waals surface area contributed by atoms with Gasteiger partial charge in [-0.25, -0.2) is 9.37 Å². The van der Waals surface area contributed by atoms with Crippen molar-refractivity contribution in [1.82, 2.24) is 9.55 Å². The number of nitrogens with zero attached hydrogens (tertiary/aromatic N) is 2. The average Bonchev–Trinajstić information content (AvgIpc) is 3.09. The third kappa shape index (κ3) is 4.64. The summed E-state index contributed by atoms with van der Waals surface area (Å²) in [7, 11) is 1.64. The van der Waals surface area contributed by atoms with Crippen molar-refractivity contribution in [3.63, 3.8) is 0 Å². The molecule has 1 aromatic heterocycles. The summed E-state index contributed by atoms with van der Waals surface area (Å²) in [6.07, 6.45) is 3.57. The molecule has 0 aliphatic heterocycles. The number of imidazole rings is 1. The number of para-hydroxylation sites is 1. The van der Waals surface area contributed by atoms with Gasteiger partial charge in [0.1, 0.15) is 11.6 Å². The fourth-order valence-electron chi connectivity index (χ4n) is 2.43. The van der Waals surface area contributed by atoms with Crippen LogP contribution in [0.15, 0.2) is 66.1 Å². The third-order valence-corrected chi connectivity index (χ3v) is 4.68. The van der Waals surface area contributed by atoms with Crippen LogP contribution < -0.4 is 10.1 Å². The summed E-state index contributed by atoms with van der Waals surface area (Å²) in [5.74, 6) is 0.510. The maximum Gasteiger partial charge on any atom is 0.234 e. The molecule has 134 valence electrons. The number of aromatic nitrogens is 2. The molecule has 0 radical (unpaired) electrons. The first kappa shape index (κ1) is 18.0. The number of benzene rings is 2. The second kappa shape index (κ2) is 8.53. The third-order valence-electron chi connectivity index (χ3n) is 3.67. The van der Waals surface area contributed by atoms with E-state index in [1.165, 1.54) is 36.0 Å². The zero-order valence-corrected chi connectivity index (χ0v) is 15.0. The van der Waals surface area contributed by atoms with Crippen LogP contribution in [0.25, 0.3) is 0 Å². The molecule has 7 heteroatoms. The lowest BCUT2D eigenvalue weighted by Crippen LogP contribution is -2.14. The summed E-state index contributed by atoms with van der Waals surface area (Å²) in [6, 6.07) is 13.5. The second-order valence-electron chi connectivity index (χ2n) is 5.49. The Kier molecular flexibility index (Phi) is 5.91. The molecular weight excluding hydrogens is 353 g/mol. The summed E-state index contributed by atoms with van der Waals surface area (Å²) in [5, 5.41) is 3.48. The number of ether oxygens (including phenoxy) is 1. The molecule has 5 nitrogen and oxygen atoms in total. The summed E-state index contributed by atoms with van der Waals surface area (Å²) in [5.41, 5.74) is 1.60. The number of carbonyl (C=O) groups is 1. The molecule has 0 spiro atoms. The Labute approximate surface area is 155 Å². The van der Waals surface area contributed by atoms with E-state index in [0.29, 0.717) is 12.2 Å². The number of amides is 1. The lowest BCUT2D eigenvalue weighted by Gasteiger charge is -2.11. The van der Waals surface area contributed by atoms with Crippen LogP contribution in [0, 0.1) is 5.82 Å². The second-order valence-corrected chi connectivity index (χ2v) is 6.44. The molecular formula is C19H18FN3O2S. The van der Waals surface area contributed by atoms with Crippen molar-refractivity contribution in [2.45, 2.75) is 11.7 Å². The molecule has 0 bridgehead atoms. The first-order valence-corrected chi connectivity index (χ1v) is 8.95. The van der Waals surface area contributed by atoms with Crippen LogP contribution >= 0.6 is 11.8 Å². The molecule has 3 rings (SSSR count). The lowest BCUT2D eigenvalue weighted by atomic mass is 10.2. The van der Waals surface area contributed by atoms with E-state index < -0.39 is 0 Å². The van der Waals surface area contributed by atoms with Crippen molar-refractivity contribution < 1.29 is 13.9 Å². The monoisotopic (exact) mass is 371 g/mol. The Morgan fingerprint density at radius 1 is 1.23 bits per heavy atom. The molecule has 1 N–H and O–H groups in total. The fraction of sp³-hybridized carbons (Fsp3) is 0.158. The highest BCUT2D eigenvalue weighted by atomic mass is 32.2. The number of hydrogen-bond acceptors (Lipinski definition) is 4. The SMILES string of the molecule is COc1ccccc1Cn1ccnc1SCC(=O)Nc1ccc(F)cc1. The van der Waals surface area contributed by atoms with Gasteiger partial charge >= 0.3 is 0 Å². The average molecular weight is 371 g/mol. The van der Waals surface area contributed by atoms with E-state index in [-0.39, 0.29) is 17.5 Å². The van der Waals surface area contributed by atoms with Crippen molar-refractivity contribution in [2.75, 3.05) is 18.2 Å². The van der Waals surface area contributed by atoms with Crippen molar-refractivity contribution in [3.8, 4) is 5.75 Å². The van der Waals surface area contributed by atoms with Crippen LogP contribution in [-0.2, 0) is 11.3 Å². The molecule has 0 fully saturated rings. The zero-order valence-electron chi connectivity index (χ0n) is 14.2. The highest BCUT2D eigenvalue weighted by Gasteiger charge is 2.10. The van der Waals surface area contributed by atoms with Gasteiger partial charge in [0.05, 0.1) is 19.4 Å². The quantitative estimate of drug-likeness (QED) is 0.642. The molecule has 26 heavy (non-hydrogen) atoms. The van der Waals surface area contributed by atoms with Gasteiger partial charge in [-0.05, 0) is 30.3 Å². The van der Waals surface area contributed by atoms with Gasteiger partial charge in [0.15, 0.2) is 5.16 Å². The normalized spacial score (nSPS) is 10.5. The molecule has 1 heterocycles. The Bertz CT molecular complexity index is 881. The van der Waals surface area contributed by atoms with E-state index in [4.69, 9.17) is 4.74 Å². The minimum Gasteiger partial charge on any atom is -0.496 e. The smallest absolute Gasteiger partial charge is 0.234 e. The predicted molar refractivity (Wildman–Crippen MR) is 100 cm³/mol. The van der Waals surface area contributed by atoms with Crippen LogP contribution in [0.3, 0.4) is 0 Å². The van der Waals surface area contributed by atoms with Gasteiger partial charge in [0, 0.05) is 23.6 Å². The first-order valence-electron chi connectivity index (χ1n) is 7.97. The topological polar surface area (TPSA) is 56.2 Å². The lowest BCUT2D eigenvalue weighted by molar-refractivity contribution is -0.113. The minimum absolute atomic E-state index is 0.173. The van der Waals surface area contributed by atoms with Crippen molar-refractivity contribution >= 4 is 23.4 Å². The zero-order chi connectivity index (χ0) is 18.4. The molecule has 0 aliphatic carbocycles. The molecule has 0 saturated carbocycles. The number of carbonyl (C=O) groups excluding carboxylic acids is 1. The van der Waals surface area contributed by atoms with E-state index in [2.05, 4.69) is 10.3 Å². The van der Waals surface area contributed by atoms with Gasteiger partial charge in [-0.15, -0.1) is 0 Å². The van der Waals surface area contributed by atoms with E-state index in [9.17, 15) is 9.18 Å². The van der Waals surface area contributed by atoms with E-state index in [1.54, 1.807) is 13.3 Å². The maximum atomic E-state index is 12.9. The van der Waals surface area contributed by atoms with Gasteiger partial charge < -0.3 is 14.6 Å². The Morgan fingerprint density at radius 3 is 2.77 bits per heavy atom. The number of nitrogens with one attached hydrogen (secondary N) is 1. The molecule has 1 amide bonds. The largest absolute Gasteiger partial charge is 0.496 e. The summed E-state index contributed by atoms with van der Waals surface area (Å²) in [6.45, 7) is 0.603. The van der Waals surface area contributed by atoms with Crippen LogP contribution in [0.1, 0.15) is 5.56 Å². The number of rotatable bonds is 7. The molecule has 0 atom stereocenters. The molecule has 0 saturated heterocycles. The molecule has 2 aromatic carbocycles. The molecule has 3 aromatic rings. The summed E-state index contributed by atoms with van der Waals surface area (Å²) in [4.78, 5) is 16.4. The van der Waals surface area contributed by atoms with Gasteiger partial charge in [-0.2, -0.15) is 0 Å². The standard InChI is InChI=1S/C19H18FN3O2S/c1-25-17-5-3-2-4-14(17)12-23-11-10-21-19(23)26-13-18(24)22-16-8-6-15(20)7-9-16/h2-11H,12-13H2,1H3,(H,22,24). The Hall–Kier alpha value is -2.80.